The van der Waals surface area contributed by atoms with Gasteiger partial charge in [-0.3, -0.25) is 4.79 Å². The zero-order valence-electron chi connectivity index (χ0n) is 27.3. The topological polar surface area (TPSA) is 99.2 Å². The van der Waals surface area contributed by atoms with Gasteiger partial charge >= 0.3 is 0 Å². The number of aliphatic hydroxyl groups is 1. The first-order valence-corrected chi connectivity index (χ1v) is 16.3. The molecule has 0 saturated heterocycles. The molecule has 4 aromatic rings. The van der Waals surface area contributed by atoms with E-state index in [0.29, 0.717) is 24.5 Å². The highest BCUT2D eigenvalue weighted by Gasteiger charge is 2.35. The lowest BCUT2D eigenvalue weighted by Gasteiger charge is -2.41. The van der Waals surface area contributed by atoms with E-state index in [2.05, 4.69) is 71.0 Å². The monoisotopic (exact) mass is 623 g/mol. The number of carbonyl (C=O) groups excluding carboxylic acids is 1. The van der Waals surface area contributed by atoms with E-state index in [-0.39, 0.29) is 22.7 Å². The van der Waals surface area contributed by atoms with E-state index in [1.54, 1.807) is 12.1 Å². The van der Waals surface area contributed by atoms with Crippen LogP contribution in [0.25, 0.3) is 11.3 Å². The molecule has 0 spiro atoms. The van der Waals surface area contributed by atoms with Gasteiger partial charge in [-0.15, -0.1) is 0 Å². The summed E-state index contributed by atoms with van der Waals surface area (Å²) in [6, 6.07) is 24.3. The van der Waals surface area contributed by atoms with Gasteiger partial charge in [0.2, 0.25) is 5.91 Å². The number of aromatic nitrogens is 2. The molecule has 1 aliphatic carbocycles. The molecule has 46 heavy (non-hydrogen) atoms. The average Bonchev–Trinajstić information content (AvgIpc) is 3.04. The standard InChI is InChI=1S/C38H46FN5O2/c1-26(45)43-34(35(46)24-42-38(19-6-5-7-20-38)30-10-8-9-29(22-30)37(2,3)4)21-27-11-17-32(18-12-27)44-36-23-33(40-25-41-36)28-13-15-31(39)16-14-28/h8-18,22-23,25,34-35,42,46H,5-7,19-21,24H2,1-4H3,(H,43,45)(H,40,41,44)/t34-,35-/m0/s1. The molecule has 3 aromatic carbocycles. The molecule has 5 rings (SSSR count). The second-order valence-electron chi connectivity index (χ2n) is 13.6. The number of halogens is 1. The van der Waals surface area contributed by atoms with Gasteiger partial charge in [0.1, 0.15) is 18.0 Å². The summed E-state index contributed by atoms with van der Waals surface area (Å²) in [5.41, 5.74) is 5.74. The Bertz CT molecular complexity index is 1590. The van der Waals surface area contributed by atoms with Crippen LogP contribution in [-0.2, 0) is 22.2 Å². The van der Waals surface area contributed by atoms with Crippen molar-refractivity contribution in [2.45, 2.75) is 89.3 Å². The molecule has 0 aliphatic heterocycles. The van der Waals surface area contributed by atoms with Crippen LogP contribution >= 0.6 is 0 Å². The van der Waals surface area contributed by atoms with Crippen LogP contribution in [0.4, 0.5) is 15.9 Å². The summed E-state index contributed by atoms with van der Waals surface area (Å²) in [7, 11) is 0. The van der Waals surface area contributed by atoms with Crippen molar-refractivity contribution in [3.63, 3.8) is 0 Å². The van der Waals surface area contributed by atoms with Crippen LogP contribution in [0.2, 0.25) is 0 Å². The Labute approximate surface area is 272 Å². The van der Waals surface area contributed by atoms with Crippen LogP contribution < -0.4 is 16.0 Å². The highest BCUT2D eigenvalue weighted by Crippen LogP contribution is 2.38. The summed E-state index contributed by atoms with van der Waals surface area (Å²) in [5.74, 6) is 0.147. The second-order valence-corrected chi connectivity index (χ2v) is 13.6. The highest BCUT2D eigenvalue weighted by atomic mass is 19.1. The van der Waals surface area contributed by atoms with Crippen molar-refractivity contribution in [2.75, 3.05) is 11.9 Å². The Morgan fingerprint density at radius 3 is 2.35 bits per heavy atom. The largest absolute Gasteiger partial charge is 0.390 e. The molecule has 1 heterocycles. The van der Waals surface area contributed by atoms with Gasteiger partial charge in [0.25, 0.3) is 0 Å². The lowest BCUT2D eigenvalue weighted by molar-refractivity contribution is -0.120. The summed E-state index contributed by atoms with van der Waals surface area (Å²) in [6.07, 6.45) is 6.71. The third-order valence-corrected chi connectivity index (χ3v) is 8.98. The molecule has 1 amide bonds. The van der Waals surface area contributed by atoms with Crippen molar-refractivity contribution >= 4 is 17.4 Å². The second kappa shape index (κ2) is 14.5. The van der Waals surface area contributed by atoms with Gasteiger partial charge < -0.3 is 21.1 Å². The van der Waals surface area contributed by atoms with Gasteiger partial charge in [-0.2, -0.15) is 0 Å². The van der Waals surface area contributed by atoms with Crippen LogP contribution in [0.1, 0.15) is 76.5 Å². The number of nitrogens with zero attached hydrogens (tertiary/aromatic N) is 2. The molecule has 1 aliphatic rings. The maximum Gasteiger partial charge on any atom is 0.217 e. The van der Waals surface area contributed by atoms with Crippen molar-refractivity contribution in [1.82, 2.24) is 20.6 Å². The number of carbonyl (C=O) groups is 1. The fourth-order valence-electron chi connectivity index (χ4n) is 6.32. The van der Waals surface area contributed by atoms with E-state index in [0.717, 1.165) is 42.5 Å². The molecular formula is C38H46FN5O2. The minimum Gasteiger partial charge on any atom is -0.390 e. The lowest BCUT2D eigenvalue weighted by atomic mass is 9.74. The fourth-order valence-corrected chi connectivity index (χ4v) is 6.32. The van der Waals surface area contributed by atoms with E-state index in [1.807, 2.05) is 30.3 Å². The van der Waals surface area contributed by atoms with Gasteiger partial charge in [0.05, 0.1) is 17.8 Å². The van der Waals surface area contributed by atoms with Crippen LogP contribution in [0.3, 0.4) is 0 Å². The maximum atomic E-state index is 13.3. The number of hydrogen-bond acceptors (Lipinski definition) is 6. The van der Waals surface area contributed by atoms with Crippen LogP contribution in [-0.4, -0.2) is 39.7 Å². The predicted octanol–water partition coefficient (Wildman–Crippen LogP) is 7.18. The SMILES string of the molecule is CC(=O)N[C@@H](Cc1ccc(Nc2cc(-c3ccc(F)cc3)ncn2)cc1)[C@@H](O)CNC1(c2cccc(C(C)(C)C)c2)CCCCC1. The Morgan fingerprint density at radius 1 is 0.957 bits per heavy atom. The van der Waals surface area contributed by atoms with E-state index in [9.17, 15) is 14.3 Å². The summed E-state index contributed by atoms with van der Waals surface area (Å²) >= 11 is 0. The Hall–Kier alpha value is -4.14. The molecule has 1 fully saturated rings. The van der Waals surface area contributed by atoms with Crippen molar-refractivity contribution in [3.8, 4) is 11.3 Å². The smallest absolute Gasteiger partial charge is 0.217 e. The van der Waals surface area contributed by atoms with Crippen molar-refractivity contribution in [3.05, 3.63) is 108 Å². The molecular weight excluding hydrogens is 577 g/mol. The van der Waals surface area contributed by atoms with E-state index in [4.69, 9.17) is 0 Å². The molecule has 4 N–H and O–H groups in total. The average molecular weight is 624 g/mol. The number of nitrogens with one attached hydrogen (secondary N) is 3. The predicted molar refractivity (Wildman–Crippen MR) is 182 cm³/mol. The molecule has 2 atom stereocenters. The van der Waals surface area contributed by atoms with Crippen molar-refractivity contribution in [2.24, 2.45) is 0 Å². The first-order chi connectivity index (χ1) is 22.0. The molecule has 242 valence electrons. The molecule has 0 bridgehead atoms. The van der Waals surface area contributed by atoms with Gasteiger partial charge in [-0.25, -0.2) is 14.4 Å². The minimum atomic E-state index is -0.780. The minimum absolute atomic E-state index is 0.0503. The molecule has 1 aromatic heterocycles. The Kier molecular flexibility index (Phi) is 10.5. The van der Waals surface area contributed by atoms with Gasteiger partial charge in [0.15, 0.2) is 0 Å². The van der Waals surface area contributed by atoms with Gasteiger partial charge in [-0.05, 0) is 77.8 Å². The Balaban J connectivity index is 1.26. The molecule has 0 unspecified atom stereocenters. The number of aliphatic hydroxyl groups excluding tert-OH is 1. The summed E-state index contributed by atoms with van der Waals surface area (Å²) in [4.78, 5) is 20.8. The fraction of sp³-hybridized carbons (Fsp3) is 0.395. The third kappa shape index (κ3) is 8.56. The molecule has 0 radical (unpaired) electrons. The maximum absolute atomic E-state index is 13.3. The third-order valence-electron chi connectivity index (χ3n) is 8.98. The van der Waals surface area contributed by atoms with E-state index < -0.39 is 12.1 Å². The van der Waals surface area contributed by atoms with Crippen LogP contribution in [0.5, 0.6) is 0 Å². The number of anilines is 2. The summed E-state index contributed by atoms with van der Waals surface area (Å²) in [6.45, 7) is 8.56. The molecule has 1 saturated carbocycles. The number of hydrogen-bond donors (Lipinski definition) is 4. The summed E-state index contributed by atoms with van der Waals surface area (Å²) in [5, 5.41) is 21.5. The first kappa shape index (κ1) is 33.2. The molecule has 8 heteroatoms. The van der Waals surface area contributed by atoms with Crippen molar-refractivity contribution < 1.29 is 14.3 Å². The normalized spacial score (nSPS) is 16.0. The zero-order valence-corrected chi connectivity index (χ0v) is 27.3. The van der Waals surface area contributed by atoms with Crippen LogP contribution in [0, 0.1) is 5.82 Å². The quantitative estimate of drug-likeness (QED) is 0.141. The highest BCUT2D eigenvalue weighted by molar-refractivity contribution is 5.73. The van der Waals surface area contributed by atoms with Crippen molar-refractivity contribution in [1.29, 1.82) is 0 Å². The summed E-state index contributed by atoms with van der Waals surface area (Å²) < 4.78 is 13.3. The van der Waals surface area contributed by atoms with Gasteiger partial charge in [-0.1, -0.05) is 76.4 Å². The number of benzene rings is 3. The lowest BCUT2D eigenvalue weighted by Crippen LogP contribution is -2.53. The van der Waals surface area contributed by atoms with E-state index in [1.165, 1.54) is 42.9 Å². The van der Waals surface area contributed by atoms with Crippen LogP contribution in [0.15, 0.2) is 85.2 Å². The first-order valence-electron chi connectivity index (χ1n) is 16.3. The number of amides is 1. The number of rotatable bonds is 11. The van der Waals surface area contributed by atoms with E-state index >= 15 is 0 Å². The van der Waals surface area contributed by atoms with Gasteiger partial charge in [0, 0.05) is 36.3 Å². The zero-order chi connectivity index (χ0) is 32.7. The molecule has 7 nitrogen and oxygen atoms in total. The Morgan fingerprint density at radius 2 is 1.67 bits per heavy atom.